The van der Waals surface area contributed by atoms with Gasteiger partial charge in [0.05, 0.1) is 12.2 Å². The highest BCUT2D eigenvalue weighted by Gasteiger charge is 2.39. The van der Waals surface area contributed by atoms with Crippen molar-refractivity contribution < 1.29 is 4.79 Å². The van der Waals surface area contributed by atoms with Gasteiger partial charge in [-0.2, -0.15) is 14.9 Å². The van der Waals surface area contributed by atoms with Crippen LogP contribution in [-0.4, -0.2) is 31.8 Å². The van der Waals surface area contributed by atoms with E-state index in [4.69, 9.17) is 6.42 Å². The van der Waals surface area contributed by atoms with Crippen molar-refractivity contribution in [1.82, 2.24) is 25.5 Å². The Morgan fingerprint density at radius 1 is 1.28 bits per heavy atom. The molecule has 2 heterocycles. The quantitative estimate of drug-likeness (QED) is 0.686. The van der Waals surface area contributed by atoms with Crippen LogP contribution in [0, 0.1) is 12.3 Å². The van der Waals surface area contributed by atoms with Crippen molar-refractivity contribution in [3.8, 4) is 18.0 Å². The summed E-state index contributed by atoms with van der Waals surface area (Å²) in [6.07, 6.45) is 7.45. The van der Waals surface area contributed by atoms with Gasteiger partial charge in [-0.05, 0) is 34.7 Å². The van der Waals surface area contributed by atoms with E-state index in [1.54, 1.807) is 4.68 Å². The Kier molecular flexibility index (Phi) is 5.19. The molecule has 0 atom stereocenters. The molecule has 0 bridgehead atoms. The van der Waals surface area contributed by atoms with Gasteiger partial charge >= 0.3 is 0 Å². The van der Waals surface area contributed by atoms with Crippen LogP contribution in [0.4, 0.5) is 0 Å². The Bertz CT molecular complexity index is 816. The zero-order chi connectivity index (χ0) is 17.7. The number of hydrogen-bond acceptors (Lipinski definition) is 6. The standard InChI is InChI=1S/C16H16BrN7O/c1-2-3-9-16(20-21-16)10-8-15(25)18-11-14-19-22-23-24(14)13-6-4-12(17)5-7-13/h1,4-7H,3,8-11H2,(H,18,25). The summed E-state index contributed by atoms with van der Waals surface area (Å²) in [5.41, 5.74) is 0.379. The largest absolute Gasteiger partial charge is 0.349 e. The average molecular weight is 402 g/mol. The molecule has 25 heavy (non-hydrogen) atoms. The number of tetrazole rings is 1. The number of benzene rings is 1. The molecule has 1 aromatic heterocycles. The minimum absolute atomic E-state index is 0.0947. The number of carbonyl (C=O) groups is 1. The molecule has 1 aromatic carbocycles. The molecule has 1 aliphatic heterocycles. The van der Waals surface area contributed by atoms with Gasteiger partial charge in [-0.1, -0.05) is 15.9 Å². The Labute approximate surface area is 153 Å². The number of nitrogens with one attached hydrogen (secondary N) is 1. The summed E-state index contributed by atoms with van der Waals surface area (Å²) in [6, 6.07) is 7.57. The van der Waals surface area contributed by atoms with Gasteiger partial charge in [0.15, 0.2) is 11.5 Å². The van der Waals surface area contributed by atoms with Crippen LogP contribution >= 0.6 is 15.9 Å². The van der Waals surface area contributed by atoms with Crippen LogP contribution in [0.25, 0.3) is 5.69 Å². The highest BCUT2D eigenvalue weighted by atomic mass is 79.9. The number of terminal acetylenes is 1. The fourth-order valence-corrected chi connectivity index (χ4v) is 2.61. The van der Waals surface area contributed by atoms with Gasteiger partial charge in [0.1, 0.15) is 0 Å². The van der Waals surface area contributed by atoms with Crippen LogP contribution < -0.4 is 5.32 Å². The van der Waals surface area contributed by atoms with Gasteiger partial charge in [0.25, 0.3) is 0 Å². The fraction of sp³-hybridized carbons (Fsp3) is 0.375. The molecule has 1 amide bonds. The van der Waals surface area contributed by atoms with E-state index in [1.165, 1.54) is 0 Å². The van der Waals surface area contributed by atoms with Crippen molar-refractivity contribution in [2.24, 2.45) is 10.2 Å². The lowest BCUT2D eigenvalue weighted by Gasteiger charge is -2.09. The number of hydrogen-bond donors (Lipinski definition) is 1. The Morgan fingerprint density at radius 3 is 2.72 bits per heavy atom. The van der Waals surface area contributed by atoms with Gasteiger partial charge in [-0.15, -0.1) is 17.4 Å². The van der Waals surface area contributed by atoms with Crippen molar-refractivity contribution in [2.75, 3.05) is 0 Å². The summed E-state index contributed by atoms with van der Waals surface area (Å²) >= 11 is 3.39. The van der Waals surface area contributed by atoms with E-state index in [9.17, 15) is 4.79 Å². The van der Waals surface area contributed by atoms with Gasteiger partial charge in [0, 0.05) is 30.2 Å². The highest BCUT2D eigenvalue weighted by molar-refractivity contribution is 9.10. The Morgan fingerprint density at radius 2 is 2.04 bits per heavy atom. The number of halogens is 1. The zero-order valence-corrected chi connectivity index (χ0v) is 15.0. The van der Waals surface area contributed by atoms with Crippen molar-refractivity contribution in [3.05, 3.63) is 34.6 Å². The number of amides is 1. The second-order valence-electron chi connectivity index (χ2n) is 5.65. The van der Waals surface area contributed by atoms with E-state index in [0.29, 0.717) is 31.5 Å². The topological polar surface area (TPSA) is 97.4 Å². The molecule has 0 radical (unpaired) electrons. The zero-order valence-electron chi connectivity index (χ0n) is 13.4. The minimum atomic E-state index is -0.442. The number of aromatic nitrogens is 4. The second kappa shape index (κ2) is 7.53. The van der Waals surface area contributed by atoms with Crippen molar-refractivity contribution in [1.29, 1.82) is 0 Å². The number of rotatable bonds is 8. The predicted octanol–water partition coefficient (Wildman–Crippen LogP) is 2.40. The molecule has 0 saturated carbocycles. The third-order valence-corrected chi connectivity index (χ3v) is 4.38. The second-order valence-corrected chi connectivity index (χ2v) is 6.56. The van der Waals surface area contributed by atoms with Gasteiger partial charge < -0.3 is 5.32 Å². The fourth-order valence-electron chi connectivity index (χ4n) is 2.35. The van der Waals surface area contributed by atoms with Crippen LogP contribution in [-0.2, 0) is 11.3 Å². The summed E-state index contributed by atoms with van der Waals surface area (Å²) < 4.78 is 2.56. The first kappa shape index (κ1) is 17.2. The maximum absolute atomic E-state index is 12.1. The Balaban J connectivity index is 1.51. The molecular weight excluding hydrogens is 386 g/mol. The maximum Gasteiger partial charge on any atom is 0.220 e. The summed E-state index contributed by atoms with van der Waals surface area (Å²) in [5, 5.41) is 22.5. The lowest BCUT2D eigenvalue weighted by molar-refractivity contribution is -0.121. The van der Waals surface area contributed by atoms with E-state index in [0.717, 1.165) is 10.2 Å². The summed E-state index contributed by atoms with van der Waals surface area (Å²) in [5.74, 6) is 3.03. The SMILES string of the molecule is C#CCCC1(CCC(=O)NCc2nnnn2-c2ccc(Br)cc2)N=N1. The first-order valence-corrected chi connectivity index (χ1v) is 8.59. The molecule has 8 nitrogen and oxygen atoms in total. The van der Waals surface area contributed by atoms with Crippen LogP contribution in [0.2, 0.25) is 0 Å². The van der Waals surface area contributed by atoms with E-state index in [2.05, 4.69) is 52.9 Å². The lowest BCUT2D eigenvalue weighted by atomic mass is 10.0. The number of carbonyl (C=O) groups excluding carboxylic acids is 1. The van der Waals surface area contributed by atoms with E-state index >= 15 is 0 Å². The molecule has 0 spiro atoms. The third-order valence-electron chi connectivity index (χ3n) is 3.85. The van der Waals surface area contributed by atoms with Gasteiger partial charge in [-0.25, -0.2) is 0 Å². The molecule has 2 aromatic rings. The van der Waals surface area contributed by atoms with Gasteiger partial charge in [-0.3, -0.25) is 4.79 Å². The molecule has 1 aliphatic rings. The smallest absolute Gasteiger partial charge is 0.220 e. The molecule has 0 aliphatic carbocycles. The number of nitrogens with zero attached hydrogens (tertiary/aromatic N) is 6. The Hall–Kier alpha value is -2.60. The summed E-state index contributed by atoms with van der Waals surface area (Å²) in [6.45, 7) is 0.244. The highest BCUT2D eigenvalue weighted by Crippen LogP contribution is 2.37. The van der Waals surface area contributed by atoms with Crippen molar-refractivity contribution >= 4 is 21.8 Å². The maximum atomic E-state index is 12.1. The molecule has 9 heteroatoms. The third kappa shape index (κ3) is 4.48. The predicted molar refractivity (Wildman–Crippen MR) is 93.6 cm³/mol. The van der Waals surface area contributed by atoms with Crippen LogP contribution in [0.5, 0.6) is 0 Å². The van der Waals surface area contributed by atoms with Gasteiger partial charge in [0.2, 0.25) is 5.91 Å². The normalized spacial score (nSPS) is 14.1. The van der Waals surface area contributed by atoms with E-state index in [-0.39, 0.29) is 12.5 Å². The molecule has 1 N–H and O–H groups in total. The summed E-state index contributed by atoms with van der Waals surface area (Å²) in [4.78, 5) is 12.1. The minimum Gasteiger partial charge on any atom is -0.349 e. The lowest BCUT2D eigenvalue weighted by Crippen LogP contribution is -2.26. The molecule has 128 valence electrons. The molecule has 0 fully saturated rings. The monoisotopic (exact) mass is 401 g/mol. The van der Waals surface area contributed by atoms with Crippen molar-refractivity contribution in [2.45, 2.75) is 37.9 Å². The van der Waals surface area contributed by atoms with E-state index in [1.807, 2.05) is 24.3 Å². The van der Waals surface area contributed by atoms with Crippen LogP contribution in [0.3, 0.4) is 0 Å². The van der Waals surface area contributed by atoms with Crippen LogP contribution in [0.1, 0.15) is 31.5 Å². The summed E-state index contributed by atoms with van der Waals surface area (Å²) in [7, 11) is 0. The molecule has 0 saturated heterocycles. The first-order valence-electron chi connectivity index (χ1n) is 7.79. The van der Waals surface area contributed by atoms with Crippen molar-refractivity contribution in [3.63, 3.8) is 0 Å². The van der Waals surface area contributed by atoms with Crippen LogP contribution in [0.15, 0.2) is 39.0 Å². The molecule has 3 rings (SSSR count). The van der Waals surface area contributed by atoms with E-state index < -0.39 is 5.66 Å². The molecule has 0 unspecified atom stereocenters. The average Bonchev–Trinajstić information content (AvgIpc) is 3.24. The first-order chi connectivity index (χ1) is 12.1. The molecular formula is C16H16BrN7O.